The molecule has 0 aliphatic rings. The standard InChI is InChI=1S/C8H13NS/c1-3-4-9-8-6-10-5-7(8)2/h5-6,9H,3-4H2,1-2H3. The molecule has 0 aliphatic heterocycles. The van der Waals surface area contributed by atoms with Crippen molar-refractivity contribution in [2.24, 2.45) is 0 Å². The van der Waals surface area contributed by atoms with Gasteiger partial charge in [0.05, 0.1) is 0 Å². The third-order valence-electron chi connectivity index (χ3n) is 1.42. The molecule has 0 atom stereocenters. The van der Waals surface area contributed by atoms with Crippen LogP contribution in [-0.2, 0) is 0 Å². The Labute approximate surface area is 66.1 Å². The van der Waals surface area contributed by atoms with Gasteiger partial charge in [-0.15, -0.1) is 11.3 Å². The molecular formula is C8H13NS. The maximum Gasteiger partial charge on any atom is 0.0478 e. The molecule has 1 N–H and O–H groups in total. The molecule has 0 fully saturated rings. The zero-order valence-corrected chi connectivity index (χ0v) is 7.29. The van der Waals surface area contributed by atoms with Crippen LogP contribution in [-0.4, -0.2) is 6.54 Å². The van der Waals surface area contributed by atoms with Gasteiger partial charge in [0.25, 0.3) is 0 Å². The normalized spacial score (nSPS) is 9.80. The minimum atomic E-state index is 1.08. The van der Waals surface area contributed by atoms with Crippen LogP contribution in [0.4, 0.5) is 5.69 Å². The van der Waals surface area contributed by atoms with Crippen LogP contribution in [0.3, 0.4) is 0 Å². The zero-order valence-electron chi connectivity index (χ0n) is 6.48. The third-order valence-corrected chi connectivity index (χ3v) is 2.28. The lowest BCUT2D eigenvalue weighted by Gasteiger charge is -2.01. The summed E-state index contributed by atoms with van der Waals surface area (Å²) in [6, 6.07) is 0. The fraction of sp³-hybridized carbons (Fsp3) is 0.500. The van der Waals surface area contributed by atoms with E-state index >= 15 is 0 Å². The molecule has 0 radical (unpaired) electrons. The van der Waals surface area contributed by atoms with Crippen LogP contribution in [0.1, 0.15) is 18.9 Å². The van der Waals surface area contributed by atoms with Crippen molar-refractivity contribution in [1.82, 2.24) is 0 Å². The van der Waals surface area contributed by atoms with E-state index in [1.165, 1.54) is 17.7 Å². The van der Waals surface area contributed by atoms with E-state index in [0.29, 0.717) is 0 Å². The number of hydrogen-bond donors (Lipinski definition) is 1. The van der Waals surface area contributed by atoms with E-state index in [1.54, 1.807) is 11.3 Å². The highest BCUT2D eigenvalue weighted by Gasteiger charge is 1.94. The highest BCUT2D eigenvalue weighted by Crippen LogP contribution is 2.18. The number of anilines is 1. The summed E-state index contributed by atoms with van der Waals surface area (Å²) in [5, 5.41) is 7.68. The predicted octanol–water partition coefficient (Wildman–Crippen LogP) is 2.88. The first-order valence-corrected chi connectivity index (χ1v) is 4.55. The summed E-state index contributed by atoms with van der Waals surface area (Å²) in [7, 11) is 0. The Balaban J connectivity index is 2.49. The van der Waals surface area contributed by atoms with Crippen molar-refractivity contribution in [2.45, 2.75) is 20.3 Å². The molecule has 0 amide bonds. The van der Waals surface area contributed by atoms with E-state index < -0.39 is 0 Å². The first-order valence-electron chi connectivity index (χ1n) is 3.61. The van der Waals surface area contributed by atoms with Gasteiger partial charge in [-0.2, -0.15) is 0 Å². The van der Waals surface area contributed by atoms with Crippen molar-refractivity contribution in [3.8, 4) is 0 Å². The molecule has 1 nitrogen and oxygen atoms in total. The minimum absolute atomic E-state index is 1.08. The Hall–Kier alpha value is -0.500. The Morgan fingerprint density at radius 3 is 2.80 bits per heavy atom. The quantitative estimate of drug-likeness (QED) is 0.707. The number of aryl methyl sites for hydroxylation is 1. The second-order valence-corrected chi connectivity index (χ2v) is 3.14. The number of rotatable bonds is 3. The average Bonchev–Trinajstić information content (AvgIpc) is 2.31. The van der Waals surface area contributed by atoms with Crippen LogP contribution in [0.5, 0.6) is 0 Å². The smallest absolute Gasteiger partial charge is 0.0478 e. The van der Waals surface area contributed by atoms with Crippen LogP contribution in [0.2, 0.25) is 0 Å². The van der Waals surface area contributed by atoms with Gasteiger partial charge in [0.1, 0.15) is 0 Å². The van der Waals surface area contributed by atoms with Crippen molar-refractivity contribution in [1.29, 1.82) is 0 Å². The van der Waals surface area contributed by atoms with Gasteiger partial charge in [-0.1, -0.05) is 6.92 Å². The van der Waals surface area contributed by atoms with Crippen LogP contribution >= 0.6 is 11.3 Å². The summed E-state index contributed by atoms with van der Waals surface area (Å²) in [4.78, 5) is 0. The molecule has 0 saturated carbocycles. The summed E-state index contributed by atoms with van der Waals surface area (Å²) in [5.41, 5.74) is 2.66. The van der Waals surface area contributed by atoms with Gasteiger partial charge in [-0.3, -0.25) is 0 Å². The lowest BCUT2D eigenvalue weighted by molar-refractivity contribution is 0.979. The van der Waals surface area contributed by atoms with Crippen molar-refractivity contribution >= 4 is 17.0 Å². The summed E-state index contributed by atoms with van der Waals surface area (Å²) >= 11 is 1.75. The van der Waals surface area contributed by atoms with E-state index in [-0.39, 0.29) is 0 Å². The largest absolute Gasteiger partial charge is 0.384 e. The van der Waals surface area contributed by atoms with Crippen LogP contribution < -0.4 is 5.32 Å². The maximum absolute atomic E-state index is 3.35. The van der Waals surface area contributed by atoms with E-state index in [2.05, 4.69) is 29.9 Å². The molecule has 56 valence electrons. The lowest BCUT2D eigenvalue weighted by atomic mass is 10.3. The molecule has 2 heteroatoms. The third kappa shape index (κ3) is 1.74. The first-order chi connectivity index (χ1) is 4.84. The molecule has 10 heavy (non-hydrogen) atoms. The van der Waals surface area contributed by atoms with E-state index in [9.17, 15) is 0 Å². The van der Waals surface area contributed by atoms with Gasteiger partial charge in [0.2, 0.25) is 0 Å². The average molecular weight is 155 g/mol. The van der Waals surface area contributed by atoms with E-state index in [0.717, 1.165) is 6.54 Å². The molecule has 0 saturated heterocycles. The SMILES string of the molecule is CCCNc1cscc1C. The molecule has 0 bridgehead atoms. The maximum atomic E-state index is 3.35. The van der Waals surface area contributed by atoms with Crippen LogP contribution in [0, 0.1) is 6.92 Å². The Morgan fingerprint density at radius 1 is 1.50 bits per heavy atom. The molecule has 1 aromatic rings. The monoisotopic (exact) mass is 155 g/mol. The highest BCUT2D eigenvalue weighted by atomic mass is 32.1. The Morgan fingerprint density at radius 2 is 2.30 bits per heavy atom. The summed E-state index contributed by atoms with van der Waals surface area (Å²) < 4.78 is 0. The first kappa shape index (κ1) is 7.61. The fourth-order valence-electron chi connectivity index (χ4n) is 0.801. The number of hydrogen-bond acceptors (Lipinski definition) is 2. The Kier molecular flexibility index (Phi) is 2.75. The van der Waals surface area contributed by atoms with Gasteiger partial charge in [-0.25, -0.2) is 0 Å². The second kappa shape index (κ2) is 3.62. The van der Waals surface area contributed by atoms with Crippen LogP contribution in [0.15, 0.2) is 10.8 Å². The van der Waals surface area contributed by atoms with Crippen molar-refractivity contribution in [3.05, 3.63) is 16.3 Å². The predicted molar refractivity (Wildman–Crippen MR) is 47.8 cm³/mol. The molecule has 0 aromatic carbocycles. The number of thiophene rings is 1. The molecule has 1 aromatic heterocycles. The highest BCUT2D eigenvalue weighted by molar-refractivity contribution is 7.08. The summed E-state index contributed by atoms with van der Waals surface area (Å²) in [5.74, 6) is 0. The molecule has 0 unspecified atom stereocenters. The molecule has 0 aliphatic carbocycles. The zero-order chi connectivity index (χ0) is 7.40. The Bertz CT molecular complexity index is 193. The van der Waals surface area contributed by atoms with Gasteiger partial charge < -0.3 is 5.32 Å². The second-order valence-electron chi connectivity index (χ2n) is 2.40. The molecular weight excluding hydrogens is 142 g/mol. The molecule has 1 heterocycles. The van der Waals surface area contributed by atoms with Gasteiger partial charge in [0, 0.05) is 17.6 Å². The van der Waals surface area contributed by atoms with Gasteiger partial charge in [0.15, 0.2) is 0 Å². The molecule has 0 spiro atoms. The minimum Gasteiger partial charge on any atom is -0.384 e. The van der Waals surface area contributed by atoms with Crippen LogP contribution in [0.25, 0.3) is 0 Å². The van der Waals surface area contributed by atoms with Gasteiger partial charge in [-0.05, 0) is 24.3 Å². The summed E-state index contributed by atoms with van der Waals surface area (Å²) in [6.07, 6.45) is 1.19. The van der Waals surface area contributed by atoms with E-state index in [4.69, 9.17) is 0 Å². The molecule has 1 rings (SSSR count). The van der Waals surface area contributed by atoms with Crippen molar-refractivity contribution in [2.75, 3.05) is 11.9 Å². The van der Waals surface area contributed by atoms with Gasteiger partial charge >= 0.3 is 0 Å². The van der Waals surface area contributed by atoms with Crippen molar-refractivity contribution < 1.29 is 0 Å². The topological polar surface area (TPSA) is 12.0 Å². The lowest BCUT2D eigenvalue weighted by Crippen LogP contribution is -1.98. The fourth-order valence-corrected chi connectivity index (χ4v) is 1.61. The van der Waals surface area contributed by atoms with Crippen molar-refractivity contribution in [3.63, 3.8) is 0 Å². The van der Waals surface area contributed by atoms with E-state index in [1.807, 2.05) is 0 Å². The number of nitrogens with one attached hydrogen (secondary N) is 1. The summed E-state index contributed by atoms with van der Waals surface area (Å²) in [6.45, 7) is 5.39.